The number of nitrogens with zero attached hydrogens (tertiary/aromatic N) is 5. The summed E-state index contributed by atoms with van der Waals surface area (Å²) in [5, 5.41) is 4.16. The Morgan fingerprint density at radius 1 is 1.32 bits per heavy atom. The van der Waals surface area contributed by atoms with Crippen molar-refractivity contribution in [3.05, 3.63) is 48.8 Å². The van der Waals surface area contributed by atoms with Crippen LogP contribution in [0.3, 0.4) is 0 Å². The van der Waals surface area contributed by atoms with Crippen LogP contribution in [0.2, 0.25) is 0 Å². The van der Waals surface area contributed by atoms with Gasteiger partial charge in [-0.25, -0.2) is 9.97 Å². The van der Waals surface area contributed by atoms with Gasteiger partial charge in [0.25, 0.3) is 0 Å². The number of rotatable bonds is 3. The molecule has 3 rings (SSSR count). The van der Waals surface area contributed by atoms with Gasteiger partial charge in [-0.15, -0.1) is 0 Å². The highest BCUT2D eigenvalue weighted by Crippen LogP contribution is 2.23. The first-order valence-corrected chi connectivity index (χ1v) is 5.92. The fraction of sp³-hybridized carbons (Fsp3) is 0.154. The highest BCUT2D eigenvalue weighted by atomic mass is 15.2. The van der Waals surface area contributed by atoms with Crippen molar-refractivity contribution in [3.63, 3.8) is 0 Å². The first-order chi connectivity index (χ1) is 9.24. The van der Waals surface area contributed by atoms with E-state index in [0.717, 1.165) is 16.8 Å². The Kier molecular flexibility index (Phi) is 2.75. The fourth-order valence-electron chi connectivity index (χ4n) is 2.06. The Morgan fingerprint density at radius 3 is 2.95 bits per heavy atom. The van der Waals surface area contributed by atoms with Gasteiger partial charge in [0.1, 0.15) is 5.82 Å². The second kappa shape index (κ2) is 4.56. The molecule has 3 aromatic rings. The second-order valence-corrected chi connectivity index (χ2v) is 4.37. The van der Waals surface area contributed by atoms with Gasteiger partial charge in [0.2, 0.25) is 0 Å². The van der Waals surface area contributed by atoms with Crippen LogP contribution in [0.15, 0.2) is 43.2 Å². The lowest BCUT2D eigenvalue weighted by Crippen LogP contribution is -2.02. The van der Waals surface area contributed by atoms with E-state index in [4.69, 9.17) is 5.73 Å². The summed E-state index contributed by atoms with van der Waals surface area (Å²) in [6.07, 6.45) is 9.09. The van der Waals surface area contributed by atoms with Crippen LogP contribution in [0.5, 0.6) is 0 Å². The minimum absolute atomic E-state index is 0.510. The van der Waals surface area contributed by atoms with Crippen LogP contribution in [0.4, 0.5) is 5.82 Å². The summed E-state index contributed by atoms with van der Waals surface area (Å²) in [7, 11) is 1.90. The van der Waals surface area contributed by atoms with Crippen LogP contribution in [0.1, 0.15) is 5.56 Å². The number of aromatic nitrogens is 5. The van der Waals surface area contributed by atoms with Gasteiger partial charge in [-0.1, -0.05) is 0 Å². The molecule has 0 bridgehead atoms. The number of nitrogens with two attached hydrogens (primary N) is 1. The smallest absolute Gasteiger partial charge is 0.132 e. The van der Waals surface area contributed by atoms with E-state index in [-0.39, 0.29) is 0 Å². The maximum absolute atomic E-state index is 5.91. The van der Waals surface area contributed by atoms with Gasteiger partial charge in [0.05, 0.1) is 31.0 Å². The van der Waals surface area contributed by atoms with Gasteiger partial charge in [-0.05, 0) is 12.1 Å². The lowest BCUT2D eigenvalue weighted by Gasteiger charge is -2.08. The van der Waals surface area contributed by atoms with E-state index in [9.17, 15) is 0 Å². The van der Waals surface area contributed by atoms with Crippen molar-refractivity contribution in [2.24, 2.45) is 7.05 Å². The zero-order chi connectivity index (χ0) is 13.2. The van der Waals surface area contributed by atoms with Gasteiger partial charge < -0.3 is 10.3 Å². The molecule has 96 valence electrons. The molecule has 19 heavy (non-hydrogen) atoms. The Bertz CT molecular complexity index is 696. The maximum Gasteiger partial charge on any atom is 0.132 e. The monoisotopic (exact) mass is 254 g/mol. The summed E-state index contributed by atoms with van der Waals surface area (Å²) < 4.78 is 3.81. The predicted octanol–water partition coefficient (Wildman–Crippen LogP) is 1.31. The van der Waals surface area contributed by atoms with Crippen LogP contribution in [-0.2, 0) is 13.6 Å². The maximum atomic E-state index is 5.91. The number of aryl methyl sites for hydroxylation is 1. The number of hydrogen-bond acceptors (Lipinski definition) is 4. The summed E-state index contributed by atoms with van der Waals surface area (Å²) in [4.78, 5) is 8.30. The molecule has 6 heteroatoms. The van der Waals surface area contributed by atoms with Crippen molar-refractivity contribution in [1.82, 2.24) is 24.3 Å². The zero-order valence-electron chi connectivity index (χ0n) is 10.6. The SMILES string of the molecule is Cn1cc(Cn2cncc2-c2cccnc2N)cn1. The van der Waals surface area contributed by atoms with E-state index in [0.29, 0.717) is 12.4 Å². The molecular weight excluding hydrogens is 240 g/mol. The lowest BCUT2D eigenvalue weighted by atomic mass is 10.2. The first kappa shape index (κ1) is 11.5. The molecule has 0 aromatic carbocycles. The molecule has 2 N–H and O–H groups in total. The molecule has 0 aliphatic rings. The third-order valence-electron chi connectivity index (χ3n) is 2.94. The number of nitrogen functional groups attached to an aromatic ring is 1. The number of pyridine rings is 1. The first-order valence-electron chi connectivity index (χ1n) is 5.92. The molecule has 3 heterocycles. The van der Waals surface area contributed by atoms with Gasteiger partial charge in [-0.2, -0.15) is 5.10 Å². The van der Waals surface area contributed by atoms with Crippen molar-refractivity contribution in [1.29, 1.82) is 0 Å². The van der Waals surface area contributed by atoms with Crippen LogP contribution < -0.4 is 5.73 Å². The predicted molar refractivity (Wildman–Crippen MR) is 72.2 cm³/mol. The Balaban J connectivity index is 1.97. The average Bonchev–Trinajstić information content (AvgIpc) is 3.00. The molecule has 0 saturated heterocycles. The Morgan fingerprint density at radius 2 is 2.21 bits per heavy atom. The lowest BCUT2D eigenvalue weighted by molar-refractivity contribution is 0.763. The van der Waals surface area contributed by atoms with Crippen molar-refractivity contribution in [2.45, 2.75) is 6.54 Å². The molecule has 0 radical (unpaired) electrons. The molecule has 0 fully saturated rings. The van der Waals surface area contributed by atoms with Crippen LogP contribution in [0, 0.1) is 0 Å². The van der Waals surface area contributed by atoms with Crippen molar-refractivity contribution < 1.29 is 0 Å². The summed E-state index contributed by atoms with van der Waals surface area (Å²) in [5.41, 5.74) is 8.87. The van der Waals surface area contributed by atoms with E-state index in [1.807, 2.05) is 36.1 Å². The van der Waals surface area contributed by atoms with E-state index in [1.165, 1.54) is 0 Å². The minimum Gasteiger partial charge on any atom is -0.383 e. The van der Waals surface area contributed by atoms with Gasteiger partial charge >= 0.3 is 0 Å². The highest BCUT2D eigenvalue weighted by molar-refractivity contribution is 5.70. The molecule has 0 amide bonds. The van der Waals surface area contributed by atoms with Crippen molar-refractivity contribution >= 4 is 5.82 Å². The van der Waals surface area contributed by atoms with Crippen LogP contribution in [-0.4, -0.2) is 24.3 Å². The van der Waals surface area contributed by atoms with Crippen molar-refractivity contribution in [2.75, 3.05) is 5.73 Å². The second-order valence-electron chi connectivity index (χ2n) is 4.37. The highest BCUT2D eigenvalue weighted by Gasteiger charge is 2.09. The minimum atomic E-state index is 0.510. The third kappa shape index (κ3) is 2.20. The number of hydrogen-bond donors (Lipinski definition) is 1. The normalized spacial score (nSPS) is 10.8. The molecule has 0 spiro atoms. The third-order valence-corrected chi connectivity index (χ3v) is 2.94. The fourth-order valence-corrected chi connectivity index (χ4v) is 2.06. The summed E-state index contributed by atoms with van der Waals surface area (Å²) in [6, 6.07) is 3.81. The standard InChI is InChI=1S/C13H14N6/c1-18-7-10(5-17-18)8-19-9-15-6-12(19)11-3-2-4-16-13(11)14/h2-7,9H,8H2,1H3,(H2,14,16). The molecule has 0 saturated carbocycles. The van der Waals surface area contributed by atoms with E-state index in [1.54, 1.807) is 23.4 Å². The van der Waals surface area contributed by atoms with Crippen LogP contribution in [0.25, 0.3) is 11.3 Å². The number of imidazole rings is 1. The van der Waals surface area contributed by atoms with Gasteiger partial charge in [0, 0.05) is 30.6 Å². The molecular formula is C13H14N6. The van der Waals surface area contributed by atoms with E-state index in [2.05, 4.69) is 15.1 Å². The Labute approximate surface area is 110 Å². The number of anilines is 1. The Hall–Kier alpha value is -2.63. The molecule has 3 aromatic heterocycles. The summed E-state index contributed by atoms with van der Waals surface area (Å²) in [5.74, 6) is 0.510. The van der Waals surface area contributed by atoms with Gasteiger partial charge in [0.15, 0.2) is 0 Å². The molecule has 0 unspecified atom stereocenters. The zero-order valence-corrected chi connectivity index (χ0v) is 10.6. The topological polar surface area (TPSA) is 74.5 Å². The molecule has 0 aliphatic carbocycles. The van der Waals surface area contributed by atoms with Gasteiger partial charge in [-0.3, -0.25) is 4.68 Å². The van der Waals surface area contributed by atoms with Crippen LogP contribution >= 0.6 is 0 Å². The van der Waals surface area contributed by atoms with E-state index < -0.39 is 0 Å². The van der Waals surface area contributed by atoms with E-state index >= 15 is 0 Å². The molecule has 0 aliphatic heterocycles. The molecule has 0 atom stereocenters. The summed E-state index contributed by atoms with van der Waals surface area (Å²) >= 11 is 0. The summed E-state index contributed by atoms with van der Waals surface area (Å²) in [6.45, 7) is 0.706. The average molecular weight is 254 g/mol. The molecule has 6 nitrogen and oxygen atoms in total. The quantitative estimate of drug-likeness (QED) is 0.764. The van der Waals surface area contributed by atoms with Crippen molar-refractivity contribution in [3.8, 4) is 11.3 Å². The largest absolute Gasteiger partial charge is 0.383 e.